The number of nitrogens with one attached hydrogen (secondary N) is 1. The fourth-order valence-corrected chi connectivity index (χ4v) is 3.88. The maximum absolute atomic E-state index is 12.9. The molecule has 1 aliphatic carbocycles. The number of hydrogen-bond acceptors (Lipinski definition) is 5. The summed E-state index contributed by atoms with van der Waals surface area (Å²) in [5, 5.41) is 10.5. The van der Waals surface area contributed by atoms with Crippen LogP contribution >= 0.6 is 0 Å². The highest BCUT2D eigenvalue weighted by molar-refractivity contribution is 5.99. The van der Waals surface area contributed by atoms with Gasteiger partial charge >= 0.3 is 0 Å². The Bertz CT molecular complexity index is 1160. The number of H-pyrrole nitrogens is 1. The molecule has 1 aromatic carbocycles. The SMILES string of the molecule is Cc1cc2cc([C@@H]3C(C#N)=C(N)OC4=C3C(=O)CCC4)c(=O)[nH]c2cc1C. The third kappa shape index (κ3) is 2.63. The van der Waals surface area contributed by atoms with Crippen LogP contribution in [-0.4, -0.2) is 10.8 Å². The standard InChI is InChI=1S/C21H19N3O3/c1-10-6-12-8-13(21(26)24-15(12)7-11(10)2)18-14(9-22)20(23)27-17-5-3-4-16(25)19(17)18/h6-8,18H,3-5,23H2,1-2H3,(H,24,26)/t18-/m1/s1. The molecule has 2 heterocycles. The molecule has 4 rings (SSSR count). The minimum Gasteiger partial charge on any atom is -0.444 e. The number of carbonyl (C=O) groups is 1. The summed E-state index contributed by atoms with van der Waals surface area (Å²) in [5.74, 6) is -0.440. The molecule has 0 spiro atoms. The lowest BCUT2D eigenvalue weighted by atomic mass is 9.77. The van der Waals surface area contributed by atoms with E-state index in [4.69, 9.17) is 10.5 Å². The zero-order valence-electron chi connectivity index (χ0n) is 15.2. The van der Waals surface area contributed by atoms with Gasteiger partial charge in [-0.15, -0.1) is 0 Å². The van der Waals surface area contributed by atoms with Crippen LogP contribution < -0.4 is 11.3 Å². The highest BCUT2D eigenvalue weighted by Crippen LogP contribution is 2.42. The molecule has 6 heteroatoms. The number of nitriles is 1. The first-order valence-electron chi connectivity index (χ1n) is 8.88. The molecule has 1 aliphatic heterocycles. The second-order valence-corrected chi connectivity index (χ2v) is 7.12. The van der Waals surface area contributed by atoms with Gasteiger partial charge in [0.15, 0.2) is 5.78 Å². The Morgan fingerprint density at radius 3 is 2.67 bits per heavy atom. The summed E-state index contributed by atoms with van der Waals surface area (Å²) < 4.78 is 5.56. The van der Waals surface area contributed by atoms with Gasteiger partial charge in [-0.2, -0.15) is 5.26 Å². The van der Waals surface area contributed by atoms with Crippen molar-refractivity contribution in [2.75, 3.05) is 0 Å². The Morgan fingerprint density at radius 1 is 1.19 bits per heavy atom. The third-order valence-corrected chi connectivity index (χ3v) is 5.40. The highest BCUT2D eigenvalue weighted by atomic mass is 16.5. The predicted molar refractivity (Wildman–Crippen MR) is 101 cm³/mol. The van der Waals surface area contributed by atoms with Crippen molar-refractivity contribution in [2.24, 2.45) is 5.73 Å². The van der Waals surface area contributed by atoms with E-state index in [0.717, 1.165) is 22.0 Å². The summed E-state index contributed by atoms with van der Waals surface area (Å²) in [6, 6.07) is 7.71. The van der Waals surface area contributed by atoms with Gasteiger partial charge in [-0.1, -0.05) is 0 Å². The van der Waals surface area contributed by atoms with E-state index < -0.39 is 5.92 Å². The molecule has 1 atom stereocenters. The van der Waals surface area contributed by atoms with Crippen LogP contribution in [0.5, 0.6) is 0 Å². The second kappa shape index (κ2) is 6.13. The topological polar surface area (TPSA) is 109 Å². The molecule has 0 bridgehead atoms. The number of benzene rings is 1. The fraction of sp³-hybridized carbons (Fsp3) is 0.286. The molecule has 3 N–H and O–H groups in total. The van der Waals surface area contributed by atoms with Gasteiger partial charge in [0.2, 0.25) is 5.88 Å². The van der Waals surface area contributed by atoms with Crippen LogP contribution in [0, 0.1) is 25.2 Å². The average Bonchev–Trinajstić information content (AvgIpc) is 2.62. The van der Waals surface area contributed by atoms with Gasteiger partial charge in [0, 0.05) is 29.5 Å². The maximum Gasteiger partial charge on any atom is 0.252 e. The van der Waals surface area contributed by atoms with Crippen molar-refractivity contribution >= 4 is 16.7 Å². The Hall–Kier alpha value is -3.33. The summed E-state index contributed by atoms with van der Waals surface area (Å²) >= 11 is 0. The third-order valence-electron chi connectivity index (χ3n) is 5.40. The molecule has 136 valence electrons. The lowest BCUT2D eigenvalue weighted by molar-refractivity contribution is -0.116. The smallest absolute Gasteiger partial charge is 0.252 e. The molecule has 0 amide bonds. The molecule has 27 heavy (non-hydrogen) atoms. The van der Waals surface area contributed by atoms with E-state index in [9.17, 15) is 14.9 Å². The zero-order valence-corrected chi connectivity index (χ0v) is 15.2. The predicted octanol–water partition coefficient (Wildman–Crippen LogP) is 2.96. The maximum atomic E-state index is 12.9. The number of aryl methyl sites for hydroxylation is 2. The molecule has 1 aromatic heterocycles. The van der Waals surface area contributed by atoms with Gasteiger partial charge in [0.25, 0.3) is 5.56 Å². The van der Waals surface area contributed by atoms with E-state index in [-0.39, 0.29) is 22.8 Å². The van der Waals surface area contributed by atoms with Crippen molar-refractivity contribution < 1.29 is 9.53 Å². The van der Waals surface area contributed by atoms with Gasteiger partial charge in [0.1, 0.15) is 17.4 Å². The van der Waals surface area contributed by atoms with E-state index in [1.807, 2.05) is 32.0 Å². The zero-order chi connectivity index (χ0) is 19.3. The minimum atomic E-state index is -0.790. The lowest BCUT2D eigenvalue weighted by Crippen LogP contribution is -2.30. The highest BCUT2D eigenvalue weighted by Gasteiger charge is 2.39. The Balaban J connectivity index is 2.00. The van der Waals surface area contributed by atoms with Gasteiger partial charge in [-0.05, 0) is 55.0 Å². The van der Waals surface area contributed by atoms with Crippen molar-refractivity contribution in [3.05, 3.63) is 68.0 Å². The lowest BCUT2D eigenvalue weighted by Gasteiger charge is -2.30. The summed E-state index contributed by atoms with van der Waals surface area (Å²) in [5.41, 5.74) is 9.36. The number of hydrogen-bond donors (Lipinski definition) is 2. The fourth-order valence-electron chi connectivity index (χ4n) is 3.88. The van der Waals surface area contributed by atoms with Crippen LogP contribution in [0.2, 0.25) is 0 Å². The number of nitrogens with zero attached hydrogens (tertiary/aromatic N) is 1. The van der Waals surface area contributed by atoms with Gasteiger partial charge in [-0.3, -0.25) is 9.59 Å². The molecule has 6 nitrogen and oxygen atoms in total. The Labute approximate surface area is 155 Å². The quantitative estimate of drug-likeness (QED) is 0.811. The van der Waals surface area contributed by atoms with Crippen LogP contribution in [0.3, 0.4) is 0 Å². The van der Waals surface area contributed by atoms with E-state index in [1.54, 1.807) is 6.07 Å². The van der Waals surface area contributed by atoms with Crippen molar-refractivity contribution in [3.8, 4) is 6.07 Å². The van der Waals surface area contributed by atoms with Crippen molar-refractivity contribution in [1.29, 1.82) is 5.26 Å². The number of nitrogens with two attached hydrogens (primary N) is 1. The number of fused-ring (bicyclic) bond motifs is 1. The number of rotatable bonds is 1. The largest absolute Gasteiger partial charge is 0.444 e. The van der Waals surface area contributed by atoms with Crippen molar-refractivity contribution in [3.63, 3.8) is 0 Å². The molecule has 0 radical (unpaired) electrons. The number of carbonyl (C=O) groups excluding carboxylic acids is 1. The number of ketones is 1. The monoisotopic (exact) mass is 361 g/mol. The van der Waals surface area contributed by atoms with Crippen molar-refractivity contribution in [2.45, 2.75) is 39.0 Å². The van der Waals surface area contributed by atoms with E-state index in [2.05, 4.69) is 4.98 Å². The van der Waals surface area contributed by atoms with Crippen LogP contribution in [0.1, 0.15) is 41.9 Å². The molecule has 0 fully saturated rings. The van der Waals surface area contributed by atoms with E-state index in [1.165, 1.54) is 0 Å². The Kier molecular flexibility index (Phi) is 3.88. The number of ether oxygens (including phenoxy) is 1. The molecular weight excluding hydrogens is 342 g/mol. The van der Waals surface area contributed by atoms with Gasteiger partial charge in [0.05, 0.1) is 5.92 Å². The summed E-state index contributed by atoms with van der Waals surface area (Å²) in [7, 11) is 0. The first-order valence-corrected chi connectivity index (χ1v) is 8.88. The summed E-state index contributed by atoms with van der Waals surface area (Å²) in [4.78, 5) is 28.4. The molecule has 0 saturated carbocycles. The molecular formula is C21H19N3O3. The summed E-state index contributed by atoms with van der Waals surface area (Å²) in [6.07, 6.45) is 1.62. The minimum absolute atomic E-state index is 0.0319. The molecule has 2 aliphatic rings. The van der Waals surface area contributed by atoms with Crippen LogP contribution in [0.4, 0.5) is 0 Å². The van der Waals surface area contributed by atoms with Crippen molar-refractivity contribution in [1.82, 2.24) is 4.98 Å². The van der Waals surface area contributed by atoms with Crippen LogP contribution in [0.25, 0.3) is 10.9 Å². The molecule has 0 unspecified atom stereocenters. The first kappa shape index (κ1) is 17.1. The number of aromatic amines is 1. The first-order chi connectivity index (χ1) is 12.9. The number of allylic oxidation sites excluding steroid dienone is 3. The average molecular weight is 361 g/mol. The number of Topliss-reactive ketones (excluding diaryl/α,β-unsaturated/α-hetero) is 1. The Morgan fingerprint density at radius 2 is 1.93 bits per heavy atom. The normalized spacial score (nSPS) is 19.7. The van der Waals surface area contributed by atoms with Crippen LogP contribution in [0.15, 0.2) is 45.8 Å². The van der Waals surface area contributed by atoms with Crippen LogP contribution in [-0.2, 0) is 9.53 Å². The number of aromatic nitrogens is 1. The number of pyridine rings is 1. The van der Waals surface area contributed by atoms with Gasteiger partial charge < -0.3 is 15.5 Å². The molecule has 2 aromatic rings. The molecule has 0 saturated heterocycles. The van der Waals surface area contributed by atoms with E-state index in [0.29, 0.717) is 36.2 Å². The van der Waals surface area contributed by atoms with E-state index >= 15 is 0 Å². The second-order valence-electron chi connectivity index (χ2n) is 7.12. The summed E-state index contributed by atoms with van der Waals surface area (Å²) in [6.45, 7) is 3.98. The van der Waals surface area contributed by atoms with Gasteiger partial charge in [-0.25, -0.2) is 0 Å².